The predicted molar refractivity (Wildman–Crippen MR) is 122 cm³/mol. The highest BCUT2D eigenvalue weighted by Gasteiger charge is 2.48. The fourth-order valence-electron chi connectivity index (χ4n) is 4.28. The van der Waals surface area contributed by atoms with Crippen molar-refractivity contribution in [2.45, 2.75) is 13.0 Å². The summed E-state index contributed by atoms with van der Waals surface area (Å²) in [5.74, 6) is -1.13. The van der Waals surface area contributed by atoms with Crippen LogP contribution in [-0.2, 0) is 9.59 Å². The number of benzene rings is 3. The molecule has 2 aliphatic heterocycles. The summed E-state index contributed by atoms with van der Waals surface area (Å²) in [4.78, 5) is 27.7. The van der Waals surface area contributed by atoms with Gasteiger partial charge in [0.25, 0.3) is 11.7 Å². The van der Waals surface area contributed by atoms with Gasteiger partial charge in [-0.15, -0.1) is 0 Å². The van der Waals surface area contributed by atoms with E-state index in [9.17, 15) is 19.8 Å². The van der Waals surface area contributed by atoms with Crippen molar-refractivity contribution in [3.05, 3.63) is 89.0 Å². The number of nitrogens with zero attached hydrogens (tertiary/aromatic N) is 1. The summed E-state index contributed by atoms with van der Waals surface area (Å²) in [6.45, 7) is 2.67. The number of hydrogen-bond acceptors (Lipinski definition) is 6. The highest BCUT2D eigenvalue weighted by Crippen LogP contribution is 2.46. The highest BCUT2D eigenvalue weighted by molar-refractivity contribution is 6.52. The molecule has 33 heavy (non-hydrogen) atoms. The van der Waals surface area contributed by atoms with Gasteiger partial charge in [0.1, 0.15) is 24.7 Å². The van der Waals surface area contributed by atoms with Crippen molar-refractivity contribution in [3.63, 3.8) is 0 Å². The van der Waals surface area contributed by atoms with Crippen LogP contribution in [0.3, 0.4) is 0 Å². The van der Waals surface area contributed by atoms with Gasteiger partial charge in [-0.25, -0.2) is 0 Å². The molecule has 1 fully saturated rings. The molecular weight excluding hydrogens is 422 g/mol. The standard InChI is InChI=1S/C26H21NO6/c1-15-6-2-3-7-17(15)23-22(24(29)16-10-11-20-21(14-16)33-13-12-32-20)25(30)26(31)27(23)18-8-4-5-9-19(18)28/h2-11,14,23,28-29H,12-13H2,1H3/b24-22+. The smallest absolute Gasteiger partial charge is 0.300 e. The minimum absolute atomic E-state index is 0.0609. The Hall–Kier alpha value is -4.26. The third-order valence-electron chi connectivity index (χ3n) is 5.88. The molecule has 0 spiro atoms. The third-order valence-corrected chi connectivity index (χ3v) is 5.88. The van der Waals surface area contributed by atoms with Crippen molar-refractivity contribution in [1.82, 2.24) is 0 Å². The molecule has 7 heteroatoms. The number of anilines is 1. The number of ether oxygens (including phenoxy) is 2. The zero-order valence-electron chi connectivity index (χ0n) is 17.8. The lowest BCUT2D eigenvalue weighted by Gasteiger charge is -2.27. The van der Waals surface area contributed by atoms with Crippen LogP contribution < -0.4 is 14.4 Å². The number of amides is 1. The van der Waals surface area contributed by atoms with Gasteiger partial charge in [0.2, 0.25) is 0 Å². The van der Waals surface area contributed by atoms with Crippen LogP contribution in [0.15, 0.2) is 72.3 Å². The van der Waals surface area contributed by atoms with Crippen molar-refractivity contribution >= 4 is 23.1 Å². The molecule has 1 amide bonds. The lowest BCUT2D eigenvalue weighted by atomic mass is 9.92. The number of carbonyl (C=O) groups is 2. The first-order valence-corrected chi connectivity index (χ1v) is 10.5. The van der Waals surface area contributed by atoms with Crippen LogP contribution in [0.25, 0.3) is 5.76 Å². The summed E-state index contributed by atoms with van der Waals surface area (Å²) >= 11 is 0. The maximum atomic E-state index is 13.3. The van der Waals surface area contributed by atoms with Crippen LogP contribution in [0.1, 0.15) is 22.7 Å². The van der Waals surface area contributed by atoms with Gasteiger partial charge in [-0.3, -0.25) is 14.5 Å². The maximum Gasteiger partial charge on any atom is 0.300 e. The Morgan fingerprint density at radius 1 is 0.939 bits per heavy atom. The minimum Gasteiger partial charge on any atom is -0.507 e. The van der Waals surface area contributed by atoms with Gasteiger partial charge in [-0.05, 0) is 48.4 Å². The maximum absolute atomic E-state index is 13.3. The molecule has 1 atom stereocenters. The molecule has 1 saturated heterocycles. The zero-order chi connectivity index (χ0) is 23.1. The number of phenolic OH excluding ortho intramolecular Hbond substituents is 1. The van der Waals surface area contributed by atoms with Crippen LogP contribution in [0.5, 0.6) is 17.2 Å². The molecule has 3 aromatic carbocycles. The van der Waals surface area contributed by atoms with E-state index in [4.69, 9.17) is 9.47 Å². The molecule has 3 aromatic rings. The van der Waals surface area contributed by atoms with Crippen molar-refractivity contribution in [2.75, 3.05) is 18.1 Å². The van der Waals surface area contributed by atoms with Crippen LogP contribution in [0.4, 0.5) is 5.69 Å². The lowest BCUT2D eigenvalue weighted by Crippen LogP contribution is -2.29. The lowest BCUT2D eigenvalue weighted by molar-refractivity contribution is -0.132. The van der Waals surface area contributed by atoms with Gasteiger partial charge in [0.05, 0.1) is 17.3 Å². The number of ketones is 1. The van der Waals surface area contributed by atoms with Crippen molar-refractivity contribution in [3.8, 4) is 17.2 Å². The molecule has 0 saturated carbocycles. The monoisotopic (exact) mass is 443 g/mol. The molecule has 0 radical (unpaired) electrons. The fourth-order valence-corrected chi connectivity index (χ4v) is 4.28. The van der Waals surface area contributed by atoms with Gasteiger partial charge >= 0.3 is 0 Å². The number of carbonyl (C=O) groups excluding carboxylic acids is 2. The number of hydrogen-bond donors (Lipinski definition) is 2. The molecule has 166 valence electrons. The number of aromatic hydroxyl groups is 1. The van der Waals surface area contributed by atoms with Crippen molar-refractivity contribution in [2.24, 2.45) is 0 Å². The summed E-state index contributed by atoms with van der Waals surface area (Å²) in [6, 6.07) is 17.6. The first kappa shape index (κ1) is 20.6. The second-order valence-corrected chi connectivity index (χ2v) is 7.87. The Balaban J connectivity index is 1.73. The van der Waals surface area contributed by atoms with Crippen molar-refractivity contribution in [1.29, 1.82) is 0 Å². The molecule has 2 heterocycles. The number of aliphatic hydroxyl groups is 1. The average Bonchev–Trinajstić information content (AvgIpc) is 3.09. The number of Topliss-reactive ketones (excluding diaryl/α,β-unsaturated/α-hetero) is 1. The predicted octanol–water partition coefficient (Wildman–Crippen LogP) is 4.10. The largest absolute Gasteiger partial charge is 0.507 e. The normalized spacial score (nSPS) is 19.1. The number of aryl methyl sites for hydroxylation is 1. The fraction of sp³-hybridized carbons (Fsp3) is 0.154. The van der Waals surface area contributed by atoms with E-state index in [1.807, 2.05) is 19.1 Å². The van der Waals surface area contributed by atoms with Crippen LogP contribution in [0, 0.1) is 6.92 Å². The quantitative estimate of drug-likeness (QED) is 0.360. The highest BCUT2D eigenvalue weighted by atomic mass is 16.6. The van der Waals surface area contributed by atoms with Gasteiger partial charge in [0, 0.05) is 5.56 Å². The Labute approximate surface area is 190 Å². The summed E-state index contributed by atoms with van der Waals surface area (Å²) in [7, 11) is 0. The zero-order valence-corrected chi connectivity index (χ0v) is 17.8. The second kappa shape index (κ2) is 8.02. The van der Waals surface area contributed by atoms with Gasteiger partial charge in [-0.1, -0.05) is 36.4 Å². The second-order valence-electron chi connectivity index (χ2n) is 7.87. The molecule has 7 nitrogen and oxygen atoms in total. The minimum atomic E-state index is -0.923. The molecule has 1 unspecified atom stereocenters. The number of aliphatic hydroxyl groups excluding tert-OH is 1. The van der Waals surface area contributed by atoms with E-state index in [-0.39, 0.29) is 22.8 Å². The van der Waals surface area contributed by atoms with E-state index in [0.717, 1.165) is 5.56 Å². The Kier molecular flexibility index (Phi) is 5.01. The van der Waals surface area contributed by atoms with Gasteiger partial charge < -0.3 is 19.7 Å². The molecule has 0 aliphatic carbocycles. The van der Waals surface area contributed by atoms with E-state index < -0.39 is 17.7 Å². The number of fused-ring (bicyclic) bond motifs is 1. The third kappa shape index (κ3) is 3.38. The van der Waals surface area contributed by atoms with Crippen LogP contribution in [-0.4, -0.2) is 35.1 Å². The van der Waals surface area contributed by atoms with E-state index in [1.165, 1.54) is 11.0 Å². The Morgan fingerprint density at radius 3 is 2.39 bits per heavy atom. The number of rotatable bonds is 3. The first-order valence-electron chi connectivity index (χ1n) is 10.5. The van der Waals surface area contributed by atoms with E-state index in [0.29, 0.717) is 35.8 Å². The molecule has 2 aliphatic rings. The van der Waals surface area contributed by atoms with Crippen LogP contribution in [0.2, 0.25) is 0 Å². The van der Waals surface area contributed by atoms with Gasteiger partial charge in [0.15, 0.2) is 11.5 Å². The summed E-state index contributed by atoms with van der Waals surface area (Å²) in [5.41, 5.74) is 1.95. The molecule has 0 aromatic heterocycles. The molecule has 5 rings (SSSR count). The van der Waals surface area contributed by atoms with Crippen molar-refractivity contribution < 1.29 is 29.3 Å². The average molecular weight is 443 g/mol. The van der Waals surface area contributed by atoms with E-state index in [1.54, 1.807) is 48.5 Å². The Morgan fingerprint density at radius 2 is 1.64 bits per heavy atom. The molecular formula is C26H21NO6. The SMILES string of the molecule is Cc1ccccc1C1/C(=C(\O)c2ccc3c(c2)OCCO3)C(=O)C(=O)N1c1ccccc1O. The van der Waals surface area contributed by atoms with Gasteiger partial charge in [-0.2, -0.15) is 0 Å². The van der Waals surface area contributed by atoms with E-state index >= 15 is 0 Å². The summed E-state index contributed by atoms with van der Waals surface area (Å²) in [6.07, 6.45) is 0. The first-order chi connectivity index (χ1) is 16.0. The summed E-state index contributed by atoms with van der Waals surface area (Å²) in [5, 5.41) is 21.8. The summed E-state index contributed by atoms with van der Waals surface area (Å²) < 4.78 is 11.1. The topological polar surface area (TPSA) is 96.3 Å². The molecule has 0 bridgehead atoms. The van der Waals surface area contributed by atoms with Crippen LogP contribution >= 0.6 is 0 Å². The Bertz CT molecular complexity index is 1310. The number of phenols is 1. The number of para-hydroxylation sites is 2. The van der Waals surface area contributed by atoms with E-state index in [2.05, 4.69) is 0 Å². The molecule has 2 N–H and O–H groups in total.